The number of benzene rings is 1. The van der Waals surface area contributed by atoms with Crippen molar-refractivity contribution in [3.63, 3.8) is 0 Å². The second kappa shape index (κ2) is 4.99. The Balaban J connectivity index is 2.15. The third kappa shape index (κ3) is 3.02. The van der Waals surface area contributed by atoms with Crippen LogP contribution in [0.15, 0.2) is 36.5 Å². The summed E-state index contributed by atoms with van der Waals surface area (Å²) in [7, 11) is 2.07. The Morgan fingerprint density at radius 3 is 2.72 bits per heavy atom. The van der Waals surface area contributed by atoms with E-state index in [1.165, 1.54) is 16.5 Å². The highest BCUT2D eigenvalue weighted by atomic mass is 16.3. The Labute approximate surface area is 109 Å². The van der Waals surface area contributed by atoms with E-state index in [1.807, 2.05) is 13.8 Å². The molecule has 2 aromatic rings. The molecule has 0 saturated heterocycles. The van der Waals surface area contributed by atoms with Gasteiger partial charge in [-0.2, -0.15) is 0 Å². The Morgan fingerprint density at radius 1 is 1.28 bits per heavy atom. The molecular formula is C16H21NO. The largest absolute Gasteiger partial charge is 0.390 e. The van der Waals surface area contributed by atoms with Gasteiger partial charge in [0.05, 0.1) is 5.60 Å². The first kappa shape index (κ1) is 12.9. The number of aryl methyl sites for hydroxylation is 1. The van der Waals surface area contributed by atoms with Crippen LogP contribution < -0.4 is 0 Å². The number of nitrogens with zero attached hydrogens (tertiary/aromatic N) is 1. The third-order valence-corrected chi connectivity index (χ3v) is 3.15. The molecule has 18 heavy (non-hydrogen) atoms. The topological polar surface area (TPSA) is 25.2 Å². The van der Waals surface area contributed by atoms with Gasteiger partial charge in [-0.15, -0.1) is 0 Å². The van der Waals surface area contributed by atoms with Gasteiger partial charge in [0.25, 0.3) is 0 Å². The summed E-state index contributed by atoms with van der Waals surface area (Å²) in [6.07, 6.45) is 8.11. The molecule has 0 unspecified atom stereocenters. The van der Waals surface area contributed by atoms with Crippen molar-refractivity contribution in [2.75, 3.05) is 0 Å². The average molecular weight is 243 g/mol. The summed E-state index contributed by atoms with van der Waals surface area (Å²) < 4.78 is 2.14. The first-order valence-corrected chi connectivity index (χ1v) is 6.40. The van der Waals surface area contributed by atoms with Crippen LogP contribution in [0.2, 0.25) is 0 Å². The van der Waals surface area contributed by atoms with Crippen LogP contribution in [0.25, 0.3) is 17.0 Å². The van der Waals surface area contributed by atoms with Crippen molar-refractivity contribution in [2.45, 2.75) is 32.3 Å². The summed E-state index contributed by atoms with van der Waals surface area (Å²) in [5, 5.41) is 10.9. The second-order valence-electron chi connectivity index (χ2n) is 5.47. The van der Waals surface area contributed by atoms with Crippen LogP contribution in [0.1, 0.15) is 32.3 Å². The van der Waals surface area contributed by atoms with Crippen LogP contribution in [0, 0.1) is 0 Å². The first-order chi connectivity index (χ1) is 8.47. The quantitative estimate of drug-likeness (QED) is 0.869. The van der Waals surface area contributed by atoms with Crippen LogP contribution in [0.5, 0.6) is 0 Å². The summed E-state index contributed by atoms with van der Waals surface area (Å²) in [5.41, 5.74) is 1.91. The molecule has 0 spiro atoms. The van der Waals surface area contributed by atoms with Gasteiger partial charge in [-0.3, -0.25) is 0 Å². The molecule has 0 amide bonds. The van der Waals surface area contributed by atoms with E-state index in [9.17, 15) is 5.11 Å². The zero-order chi connectivity index (χ0) is 13.2. The molecule has 1 aromatic heterocycles. The fraction of sp³-hybridized carbons (Fsp3) is 0.375. The summed E-state index contributed by atoms with van der Waals surface area (Å²) >= 11 is 0. The predicted molar refractivity (Wildman–Crippen MR) is 77.5 cm³/mol. The smallest absolute Gasteiger partial charge is 0.0594 e. The predicted octanol–water partition coefficient (Wildman–Crippen LogP) is 3.74. The molecule has 0 bridgehead atoms. The van der Waals surface area contributed by atoms with Gasteiger partial charge in [0.15, 0.2) is 0 Å². The van der Waals surface area contributed by atoms with Gasteiger partial charge in [0, 0.05) is 24.1 Å². The minimum absolute atomic E-state index is 0.580. The standard InChI is InChI=1S/C16H21NO/c1-16(2,18)11-7-6-8-13-12-17(3)15-10-5-4-9-14(13)15/h4-6,8-10,12,18H,7,11H2,1-3H3/b8-6+. The Kier molecular flexibility index (Phi) is 3.58. The van der Waals surface area contributed by atoms with Crippen LogP contribution in [0.3, 0.4) is 0 Å². The highest BCUT2D eigenvalue weighted by molar-refractivity contribution is 5.89. The lowest BCUT2D eigenvalue weighted by molar-refractivity contribution is 0.0722. The van der Waals surface area contributed by atoms with Crippen LogP contribution in [-0.4, -0.2) is 15.3 Å². The molecule has 1 N–H and O–H groups in total. The minimum atomic E-state index is -0.580. The van der Waals surface area contributed by atoms with Crippen molar-refractivity contribution in [1.82, 2.24) is 4.57 Å². The molecule has 0 fully saturated rings. The minimum Gasteiger partial charge on any atom is -0.390 e. The summed E-state index contributed by atoms with van der Waals surface area (Å²) in [6, 6.07) is 8.40. The van der Waals surface area contributed by atoms with E-state index in [-0.39, 0.29) is 0 Å². The summed E-state index contributed by atoms with van der Waals surface area (Å²) in [5.74, 6) is 0. The van der Waals surface area contributed by atoms with Crippen LogP contribution >= 0.6 is 0 Å². The van der Waals surface area contributed by atoms with Crippen molar-refractivity contribution < 1.29 is 5.11 Å². The van der Waals surface area contributed by atoms with Gasteiger partial charge < -0.3 is 9.67 Å². The highest BCUT2D eigenvalue weighted by Crippen LogP contribution is 2.22. The molecule has 2 nitrogen and oxygen atoms in total. The maximum atomic E-state index is 9.65. The van der Waals surface area contributed by atoms with Crippen LogP contribution in [-0.2, 0) is 7.05 Å². The zero-order valence-corrected chi connectivity index (χ0v) is 11.4. The Morgan fingerprint density at radius 2 is 2.00 bits per heavy atom. The van der Waals surface area contributed by atoms with Crippen molar-refractivity contribution in [3.8, 4) is 0 Å². The number of hydrogen-bond acceptors (Lipinski definition) is 1. The molecule has 1 aromatic carbocycles. The monoisotopic (exact) mass is 243 g/mol. The lowest BCUT2D eigenvalue weighted by atomic mass is 10.0. The van der Waals surface area contributed by atoms with E-state index in [0.29, 0.717) is 0 Å². The lowest BCUT2D eigenvalue weighted by Gasteiger charge is -2.14. The molecule has 1 heterocycles. The van der Waals surface area contributed by atoms with Crippen molar-refractivity contribution in [1.29, 1.82) is 0 Å². The van der Waals surface area contributed by atoms with Gasteiger partial charge in [-0.1, -0.05) is 30.4 Å². The van der Waals surface area contributed by atoms with Crippen LogP contribution in [0.4, 0.5) is 0 Å². The van der Waals surface area contributed by atoms with E-state index in [2.05, 4.69) is 54.2 Å². The van der Waals surface area contributed by atoms with Gasteiger partial charge in [-0.25, -0.2) is 0 Å². The fourth-order valence-electron chi connectivity index (χ4n) is 2.15. The number of allylic oxidation sites excluding steroid dienone is 1. The molecule has 0 radical (unpaired) electrons. The summed E-state index contributed by atoms with van der Waals surface area (Å²) in [4.78, 5) is 0. The Bertz CT molecular complexity index is 558. The molecule has 2 heteroatoms. The third-order valence-electron chi connectivity index (χ3n) is 3.15. The molecule has 0 saturated carbocycles. The van der Waals surface area contributed by atoms with E-state index < -0.39 is 5.60 Å². The number of aliphatic hydroxyl groups is 1. The van der Waals surface area contributed by atoms with E-state index in [0.717, 1.165) is 12.8 Å². The molecular weight excluding hydrogens is 222 g/mol. The van der Waals surface area contributed by atoms with Gasteiger partial charge >= 0.3 is 0 Å². The number of fused-ring (bicyclic) bond motifs is 1. The molecule has 0 aliphatic heterocycles. The molecule has 96 valence electrons. The normalized spacial score (nSPS) is 12.7. The maximum Gasteiger partial charge on any atom is 0.0594 e. The fourth-order valence-corrected chi connectivity index (χ4v) is 2.15. The SMILES string of the molecule is Cn1cc(/C=C/CCC(C)(C)O)c2ccccc21. The van der Waals surface area contributed by atoms with E-state index in [1.54, 1.807) is 0 Å². The maximum absolute atomic E-state index is 9.65. The zero-order valence-electron chi connectivity index (χ0n) is 11.4. The number of para-hydroxylation sites is 1. The van der Waals surface area contributed by atoms with E-state index >= 15 is 0 Å². The Hall–Kier alpha value is -1.54. The molecule has 2 rings (SSSR count). The van der Waals surface area contributed by atoms with Gasteiger partial charge in [0.1, 0.15) is 0 Å². The van der Waals surface area contributed by atoms with Gasteiger partial charge in [0.2, 0.25) is 0 Å². The second-order valence-corrected chi connectivity index (χ2v) is 5.47. The van der Waals surface area contributed by atoms with E-state index in [4.69, 9.17) is 0 Å². The van der Waals surface area contributed by atoms with Crippen molar-refractivity contribution in [2.24, 2.45) is 7.05 Å². The number of hydrogen-bond donors (Lipinski definition) is 1. The average Bonchev–Trinajstić information content (AvgIpc) is 2.62. The lowest BCUT2D eigenvalue weighted by Crippen LogP contribution is -2.17. The van der Waals surface area contributed by atoms with Gasteiger partial charge in [-0.05, 0) is 38.3 Å². The summed E-state index contributed by atoms with van der Waals surface area (Å²) in [6.45, 7) is 3.69. The molecule has 0 atom stereocenters. The highest BCUT2D eigenvalue weighted by Gasteiger charge is 2.10. The number of aromatic nitrogens is 1. The van der Waals surface area contributed by atoms with Crippen molar-refractivity contribution >= 4 is 17.0 Å². The molecule has 0 aliphatic rings. The number of rotatable bonds is 4. The van der Waals surface area contributed by atoms with Crippen molar-refractivity contribution in [3.05, 3.63) is 42.1 Å². The molecule has 0 aliphatic carbocycles. The first-order valence-electron chi connectivity index (χ1n) is 6.40.